The van der Waals surface area contributed by atoms with Crippen molar-refractivity contribution in [3.05, 3.63) is 48.0 Å². The Hall–Kier alpha value is -3.22. The number of nitrogens with one attached hydrogen (secondary N) is 2. The molecule has 0 unspecified atom stereocenters. The molecule has 0 bridgehead atoms. The number of carbonyl (C=O) groups is 2. The summed E-state index contributed by atoms with van der Waals surface area (Å²) in [5.41, 5.74) is 2.68. The Bertz CT molecular complexity index is 866. The molecule has 2 heterocycles. The van der Waals surface area contributed by atoms with Gasteiger partial charge in [-0.25, -0.2) is 4.79 Å². The fraction of sp³-hybridized carbons (Fsp3) is 0.300. The third-order valence-electron chi connectivity index (χ3n) is 4.73. The lowest BCUT2D eigenvalue weighted by atomic mass is 10.1. The SMILES string of the molecule is Cc1ccc(N2C[C@H](CNC(=O)Nc3ccc4c(c3)OCO4)CC2=O)cc1. The van der Waals surface area contributed by atoms with E-state index in [2.05, 4.69) is 10.6 Å². The van der Waals surface area contributed by atoms with Crippen molar-refractivity contribution in [3.8, 4) is 11.5 Å². The molecule has 2 aromatic rings. The van der Waals surface area contributed by atoms with Gasteiger partial charge in [0.2, 0.25) is 12.7 Å². The third-order valence-corrected chi connectivity index (χ3v) is 4.73. The zero-order valence-corrected chi connectivity index (χ0v) is 15.0. The van der Waals surface area contributed by atoms with E-state index >= 15 is 0 Å². The van der Waals surface area contributed by atoms with Crippen LogP contribution in [-0.4, -0.2) is 31.8 Å². The quantitative estimate of drug-likeness (QED) is 0.871. The van der Waals surface area contributed by atoms with E-state index in [-0.39, 0.29) is 24.6 Å². The predicted octanol–water partition coefficient (Wildman–Crippen LogP) is 2.90. The maximum atomic E-state index is 12.3. The van der Waals surface area contributed by atoms with Gasteiger partial charge in [0.15, 0.2) is 11.5 Å². The molecule has 1 saturated heterocycles. The molecule has 0 aromatic heterocycles. The van der Waals surface area contributed by atoms with Gasteiger partial charge in [0.25, 0.3) is 0 Å². The van der Waals surface area contributed by atoms with Gasteiger partial charge in [-0.15, -0.1) is 0 Å². The number of nitrogens with zero attached hydrogens (tertiary/aromatic N) is 1. The van der Waals surface area contributed by atoms with Gasteiger partial charge in [0.1, 0.15) is 0 Å². The first-order chi connectivity index (χ1) is 13.1. The Kier molecular flexibility index (Phi) is 4.58. The highest BCUT2D eigenvalue weighted by atomic mass is 16.7. The Morgan fingerprint density at radius 1 is 1.15 bits per heavy atom. The minimum absolute atomic E-state index is 0.0845. The lowest BCUT2D eigenvalue weighted by Crippen LogP contribution is -2.34. The molecule has 0 radical (unpaired) electrons. The van der Waals surface area contributed by atoms with Crippen LogP contribution in [0.25, 0.3) is 0 Å². The predicted molar refractivity (Wildman–Crippen MR) is 101 cm³/mol. The first kappa shape index (κ1) is 17.2. The summed E-state index contributed by atoms with van der Waals surface area (Å²) in [4.78, 5) is 26.2. The summed E-state index contributed by atoms with van der Waals surface area (Å²) in [5, 5.41) is 5.61. The van der Waals surface area contributed by atoms with Crippen molar-refractivity contribution in [2.75, 3.05) is 30.1 Å². The van der Waals surface area contributed by atoms with Gasteiger partial charge in [-0.3, -0.25) is 4.79 Å². The number of hydrogen-bond acceptors (Lipinski definition) is 4. The van der Waals surface area contributed by atoms with Gasteiger partial charge in [0.05, 0.1) is 0 Å². The van der Waals surface area contributed by atoms with Crippen LogP contribution in [0.15, 0.2) is 42.5 Å². The van der Waals surface area contributed by atoms with E-state index in [0.29, 0.717) is 36.7 Å². The second-order valence-corrected chi connectivity index (χ2v) is 6.81. The second kappa shape index (κ2) is 7.19. The molecule has 1 fully saturated rings. The van der Waals surface area contributed by atoms with Gasteiger partial charge in [-0.05, 0) is 31.2 Å². The van der Waals surface area contributed by atoms with Gasteiger partial charge < -0.3 is 25.0 Å². The van der Waals surface area contributed by atoms with Crippen molar-refractivity contribution in [3.63, 3.8) is 0 Å². The highest BCUT2D eigenvalue weighted by Crippen LogP contribution is 2.34. The number of ether oxygens (including phenoxy) is 2. The normalized spacial score (nSPS) is 17.9. The highest BCUT2D eigenvalue weighted by Gasteiger charge is 2.30. The Labute approximate surface area is 157 Å². The van der Waals surface area contributed by atoms with Crippen LogP contribution >= 0.6 is 0 Å². The van der Waals surface area contributed by atoms with Gasteiger partial charge in [0, 0.05) is 42.9 Å². The maximum absolute atomic E-state index is 12.3. The van der Waals surface area contributed by atoms with Crippen LogP contribution in [0, 0.1) is 12.8 Å². The zero-order valence-electron chi connectivity index (χ0n) is 15.0. The number of amides is 3. The van der Waals surface area contributed by atoms with Crippen LogP contribution in [0.3, 0.4) is 0 Å². The topological polar surface area (TPSA) is 79.9 Å². The molecule has 27 heavy (non-hydrogen) atoms. The average molecular weight is 367 g/mol. The number of hydrogen-bond donors (Lipinski definition) is 2. The van der Waals surface area contributed by atoms with Crippen molar-refractivity contribution in [2.24, 2.45) is 5.92 Å². The average Bonchev–Trinajstić information content (AvgIpc) is 3.26. The third kappa shape index (κ3) is 3.81. The van der Waals surface area contributed by atoms with Crippen LogP contribution in [0.1, 0.15) is 12.0 Å². The summed E-state index contributed by atoms with van der Waals surface area (Å²) in [6.07, 6.45) is 0.429. The van der Waals surface area contributed by atoms with Crippen molar-refractivity contribution in [2.45, 2.75) is 13.3 Å². The number of carbonyl (C=O) groups excluding carboxylic acids is 2. The van der Waals surface area contributed by atoms with Crippen LogP contribution < -0.4 is 25.0 Å². The molecule has 140 valence electrons. The van der Waals surface area contributed by atoms with Crippen molar-refractivity contribution in [1.82, 2.24) is 5.32 Å². The highest BCUT2D eigenvalue weighted by molar-refractivity contribution is 5.96. The molecule has 4 rings (SSSR count). The maximum Gasteiger partial charge on any atom is 0.319 e. The summed E-state index contributed by atoms with van der Waals surface area (Å²) >= 11 is 0. The summed E-state index contributed by atoms with van der Waals surface area (Å²) in [5.74, 6) is 1.45. The van der Waals surface area contributed by atoms with E-state index in [1.54, 1.807) is 23.1 Å². The van der Waals surface area contributed by atoms with Gasteiger partial charge in [-0.2, -0.15) is 0 Å². The standard InChI is InChI=1S/C20H21N3O4/c1-13-2-5-16(6-3-13)23-11-14(8-19(23)24)10-21-20(25)22-15-4-7-17-18(9-15)27-12-26-17/h2-7,9,14H,8,10-12H2,1H3,(H2,21,22,25)/t14-/m0/s1. The fourth-order valence-electron chi connectivity index (χ4n) is 3.28. The van der Waals surface area contributed by atoms with Crippen LogP contribution in [0.2, 0.25) is 0 Å². The van der Waals surface area contributed by atoms with E-state index in [1.807, 2.05) is 31.2 Å². The first-order valence-corrected chi connectivity index (χ1v) is 8.90. The summed E-state index contributed by atoms with van der Waals surface area (Å²) in [6, 6.07) is 12.8. The molecule has 3 amide bonds. The van der Waals surface area contributed by atoms with E-state index in [1.165, 1.54) is 0 Å². The molecule has 7 heteroatoms. The van der Waals surface area contributed by atoms with E-state index in [0.717, 1.165) is 11.3 Å². The molecular formula is C20H21N3O4. The number of anilines is 2. The van der Waals surface area contributed by atoms with E-state index in [9.17, 15) is 9.59 Å². The smallest absolute Gasteiger partial charge is 0.319 e. The number of urea groups is 1. The van der Waals surface area contributed by atoms with Crippen LogP contribution in [0.5, 0.6) is 11.5 Å². The zero-order chi connectivity index (χ0) is 18.8. The summed E-state index contributed by atoms with van der Waals surface area (Å²) in [6.45, 7) is 3.25. The largest absolute Gasteiger partial charge is 0.454 e. The Morgan fingerprint density at radius 3 is 2.74 bits per heavy atom. The minimum Gasteiger partial charge on any atom is -0.454 e. The molecule has 0 saturated carbocycles. The fourth-order valence-corrected chi connectivity index (χ4v) is 3.28. The molecule has 2 aliphatic heterocycles. The number of fused-ring (bicyclic) bond motifs is 1. The molecule has 0 aliphatic carbocycles. The van der Waals surface area contributed by atoms with Crippen LogP contribution in [-0.2, 0) is 4.79 Å². The number of benzene rings is 2. The van der Waals surface area contributed by atoms with Crippen LogP contribution in [0.4, 0.5) is 16.2 Å². The molecule has 2 aromatic carbocycles. The molecule has 2 N–H and O–H groups in total. The van der Waals surface area contributed by atoms with E-state index < -0.39 is 0 Å². The van der Waals surface area contributed by atoms with Gasteiger partial charge >= 0.3 is 6.03 Å². The minimum atomic E-state index is -0.310. The summed E-state index contributed by atoms with van der Waals surface area (Å²) in [7, 11) is 0. The Balaban J connectivity index is 1.29. The molecule has 2 aliphatic rings. The monoisotopic (exact) mass is 367 g/mol. The lowest BCUT2D eigenvalue weighted by molar-refractivity contribution is -0.117. The van der Waals surface area contributed by atoms with Crippen molar-refractivity contribution >= 4 is 23.3 Å². The summed E-state index contributed by atoms with van der Waals surface area (Å²) < 4.78 is 10.5. The van der Waals surface area contributed by atoms with Crippen molar-refractivity contribution < 1.29 is 19.1 Å². The van der Waals surface area contributed by atoms with Crippen molar-refractivity contribution in [1.29, 1.82) is 0 Å². The first-order valence-electron chi connectivity index (χ1n) is 8.90. The second-order valence-electron chi connectivity index (χ2n) is 6.81. The molecular weight excluding hydrogens is 346 g/mol. The molecule has 0 spiro atoms. The molecule has 1 atom stereocenters. The van der Waals surface area contributed by atoms with Gasteiger partial charge in [-0.1, -0.05) is 17.7 Å². The number of aryl methyl sites for hydroxylation is 1. The number of rotatable bonds is 4. The van der Waals surface area contributed by atoms with E-state index in [4.69, 9.17) is 9.47 Å². The lowest BCUT2D eigenvalue weighted by Gasteiger charge is -2.17. The molecule has 7 nitrogen and oxygen atoms in total. The Morgan fingerprint density at radius 2 is 1.93 bits per heavy atom.